The Kier molecular flexibility index (Phi) is 13.3. The third kappa shape index (κ3) is 11.2. The van der Waals surface area contributed by atoms with Gasteiger partial charge in [-0.3, -0.25) is 0 Å². The molecular formula is C48H51N5O10S2. The quantitative estimate of drug-likeness (QED) is 0.105. The number of anilines is 2. The van der Waals surface area contributed by atoms with Gasteiger partial charge in [-0.15, -0.1) is 0 Å². The monoisotopic (exact) mass is 921 g/mol. The summed E-state index contributed by atoms with van der Waals surface area (Å²) in [7, 11) is -5.92. The van der Waals surface area contributed by atoms with Gasteiger partial charge < -0.3 is 39.0 Å². The van der Waals surface area contributed by atoms with Crippen molar-refractivity contribution in [2.75, 3.05) is 85.4 Å². The number of nitrogens with zero attached hydrogens (tertiary/aromatic N) is 5. The van der Waals surface area contributed by atoms with Crippen molar-refractivity contribution in [2.24, 2.45) is 0 Å². The lowest BCUT2D eigenvalue weighted by Crippen LogP contribution is -2.40. The summed E-state index contributed by atoms with van der Waals surface area (Å²) < 4.78 is 70.7. The summed E-state index contributed by atoms with van der Waals surface area (Å²) >= 11 is 0. The van der Waals surface area contributed by atoms with Gasteiger partial charge in [0, 0.05) is 55.2 Å². The molecule has 0 radical (unpaired) electrons. The second-order valence-electron chi connectivity index (χ2n) is 16.1. The van der Waals surface area contributed by atoms with Gasteiger partial charge in [-0.2, -0.15) is 0 Å². The zero-order valence-corrected chi connectivity index (χ0v) is 38.1. The number of hydrogen-bond donors (Lipinski definition) is 2. The predicted octanol–water partition coefficient (Wildman–Crippen LogP) is 6.59. The van der Waals surface area contributed by atoms with E-state index >= 15 is 0 Å². The molecule has 65 heavy (non-hydrogen) atoms. The molecule has 15 nitrogen and oxygen atoms in total. The van der Waals surface area contributed by atoms with Crippen molar-refractivity contribution in [3.63, 3.8) is 0 Å². The molecule has 2 N–H and O–H groups in total. The molecule has 0 saturated carbocycles. The maximum absolute atomic E-state index is 11.8. The SMILES string of the molecule is Cc1cc(C)c(-c2nc(-c3ccc(OCCOc4ccc(N5CCS(=O)(=O)CC5)cc4)cc3O)nc(-c3ccc(OCCOc4ccc(N5CCS(=O)(=O)CC5)cc4)cc3O)n2)c(C)c1. The van der Waals surface area contributed by atoms with Crippen LogP contribution in [0.1, 0.15) is 16.7 Å². The van der Waals surface area contributed by atoms with Crippen LogP contribution in [-0.4, -0.2) is 118 Å². The number of hydrogen-bond acceptors (Lipinski definition) is 15. The van der Waals surface area contributed by atoms with Crippen LogP contribution in [0.3, 0.4) is 0 Å². The van der Waals surface area contributed by atoms with Crippen LogP contribution in [0.5, 0.6) is 34.5 Å². The third-order valence-corrected chi connectivity index (χ3v) is 14.5. The Labute approximate surface area is 379 Å². The lowest BCUT2D eigenvalue weighted by molar-refractivity contribution is 0.216. The molecule has 1 aromatic heterocycles. The molecule has 0 unspecified atom stereocenters. The van der Waals surface area contributed by atoms with Crippen LogP contribution in [0.2, 0.25) is 0 Å². The van der Waals surface area contributed by atoms with Gasteiger partial charge in [-0.1, -0.05) is 17.7 Å². The first-order valence-corrected chi connectivity index (χ1v) is 25.0. The summed E-state index contributed by atoms with van der Waals surface area (Å²) in [6.45, 7) is 8.76. The largest absolute Gasteiger partial charge is 0.507 e. The summed E-state index contributed by atoms with van der Waals surface area (Å²) in [4.78, 5) is 18.5. The fraction of sp³-hybridized carbons (Fsp3) is 0.312. The number of aromatic nitrogens is 3. The Balaban J connectivity index is 0.919. The van der Waals surface area contributed by atoms with E-state index in [-0.39, 0.29) is 72.6 Å². The molecule has 0 spiro atoms. The van der Waals surface area contributed by atoms with Crippen molar-refractivity contribution in [1.29, 1.82) is 0 Å². The molecule has 8 rings (SSSR count). The molecule has 0 atom stereocenters. The first-order valence-electron chi connectivity index (χ1n) is 21.3. The molecule has 2 saturated heterocycles. The Morgan fingerprint density at radius 2 is 0.815 bits per heavy atom. The number of phenolic OH excluding ortho intramolecular Hbond substituents is 2. The molecule has 5 aromatic carbocycles. The van der Waals surface area contributed by atoms with Crippen LogP contribution in [0.4, 0.5) is 11.4 Å². The highest BCUT2D eigenvalue weighted by Crippen LogP contribution is 2.37. The Morgan fingerprint density at radius 1 is 0.477 bits per heavy atom. The normalized spacial score (nSPS) is 15.6. The van der Waals surface area contributed by atoms with Crippen molar-refractivity contribution in [3.8, 4) is 68.7 Å². The standard InChI is InChI=1S/C48H51N5O10S2/c1-32-28-33(2)45(34(3)29-32)48-50-46(41-14-12-39(30-43(41)54)62-22-20-60-37-8-4-35(5-9-37)52-16-24-64(56,57)25-17-52)49-47(51-48)42-15-13-40(31-44(42)55)63-23-21-61-38-10-6-36(7-11-38)53-18-26-65(58,59)27-19-53/h4-15,28-31,54-55H,16-27H2,1-3H3. The van der Waals surface area contributed by atoms with Crippen molar-refractivity contribution >= 4 is 31.0 Å². The number of sulfone groups is 2. The van der Waals surface area contributed by atoms with Crippen LogP contribution in [0.15, 0.2) is 97.1 Å². The van der Waals surface area contributed by atoms with Crippen LogP contribution in [0, 0.1) is 20.8 Å². The summed E-state index contributed by atoms with van der Waals surface area (Å²) in [5.41, 5.74) is 6.38. The van der Waals surface area contributed by atoms with Crippen LogP contribution in [0.25, 0.3) is 34.2 Å². The number of aryl methyl sites for hydroxylation is 3. The highest BCUT2D eigenvalue weighted by molar-refractivity contribution is 7.91. The lowest BCUT2D eigenvalue weighted by atomic mass is 9.99. The fourth-order valence-corrected chi connectivity index (χ4v) is 10.3. The first-order chi connectivity index (χ1) is 31.2. The van der Waals surface area contributed by atoms with E-state index in [0.29, 0.717) is 66.1 Å². The van der Waals surface area contributed by atoms with Crippen molar-refractivity contribution in [2.45, 2.75) is 20.8 Å². The van der Waals surface area contributed by atoms with Crippen LogP contribution < -0.4 is 28.7 Å². The van der Waals surface area contributed by atoms with Crippen molar-refractivity contribution in [1.82, 2.24) is 15.0 Å². The van der Waals surface area contributed by atoms with Gasteiger partial charge in [0.15, 0.2) is 37.1 Å². The van der Waals surface area contributed by atoms with Crippen LogP contribution >= 0.6 is 0 Å². The predicted molar refractivity (Wildman–Crippen MR) is 250 cm³/mol. The van der Waals surface area contributed by atoms with Gasteiger partial charge in [0.2, 0.25) is 0 Å². The zero-order valence-electron chi connectivity index (χ0n) is 36.4. The molecule has 3 heterocycles. The average molecular weight is 922 g/mol. The molecule has 2 fully saturated rings. The zero-order chi connectivity index (χ0) is 45.7. The van der Waals surface area contributed by atoms with E-state index in [1.165, 1.54) is 12.1 Å². The number of ether oxygens (including phenoxy) is 4. The van der Waals surface area contributed by atoms with E-state index in [2.05, 4.69) is 0 Å². The fourth-order valence-electron chi connectivity index (χ4n) is 7.93. The number of phenols is 2. The maximum atomic E-state index is 11.8. The molecule has 2 aliphatic heterocycles. The van der Waals surface area contributed by atoms with Gasteiger partial charge >= 0.3 is 0 Å². The minimum Gasteiger partial charge on any atom is -0.507 e. The molecule has 6 aromatic rings. The molecule has 17 heteroatoms. The third-order valence-electron chi connectivity index (χ3n) is 11.3. The molecule has 340 valence electrons. The van der Waals surface area contributed by atoms with E-state index in [4.69, 9.17) is 33.9 Å². The Hall–Kier alpha value is -6.59. The van der Waals surface area contributed by atoms with Crippen LogP contribution in [-0.2, 0) is 19.7 Å². The lowest BCUT2D eigenvalue weighted by Gasteiger charge is -2.28. The second kappa shape index (κ2) is 19.3. The van der Waals surface area contributed by atoms with Gasteiger partial charge in [0.1, 0.15) is 60.9 Å². The van der Waals surface area contributed by atoms with Gasteiger partial charge in [0.05, 0.1) is 34.1 Å². The van der Waals surface area contributed by atoms with Crippen molar-refractivity contribution in [3.05, 3.63) is 114 Å². The highest BCUT2D eigenvalue weighted by Gasteiger charge is 2.24. The summed E-state index contributed by atoms with van der Waals surface area (Å²) in [5.74, 6) is 3.26. The van der Waals surface area contributed by atoms with Gasteiger partial charge in [-0.05, 0) is 105 Å². The Bertz CT molecular complexity index is 2680. The Morgan fingerprint density at radius 3 is 1.18 bits per heavy atom. The number of benzene rings is 5. The maximum Gasteiger partial charge on any atom is 0.167 e. The van der Waals surface area contributed by atoms with Crippen molar-refractivity contribution < 1.29 is 46.0 Å². The minimum atomic E-state index is -2.96. The first kappa shape index (κ1) is 45.0. The van der Waals surface area contributed by atoms with E-state index < -0.39 is 19.7 Å². The highest BCUT2D eigenvalue weighted by atomic mass is 32.2. The van der Waals surface area contributed by atoms with E-state index in [1.807, 2.05) is 91.2 Å². The summed E-state index contributed by atoms with van der Waals surface area (Å²) in [5, 5.41) is 22.6. The van der Waals surface area contributed by atoms with E-state index in [0.717, 1.165) is 33.6 Å². The average Bonchev–Trinajstić information content (AvgIpc) is 3.27. The summed E-state index contributed by atoms with van der Waals surface area (Å²) in [6, 6.07) is 28.9. The molecule has 0 bridgehead atoms. The second-order valence-corrected chi connectivity index (χ2v) is 20.7. The topological polar surface area (TPSA) is 191 Å². The van der Waals surface area contributed by atoms with Gasteiger partial charge in [-0.25, -0.2) is 31.8 Å². The number of rotatable bonds is 15. The van der Waals surface area contributed by atoms with E-state index in [9.17, 15) is 27.0 Å². The van der Waals surface area contributed by atoms with Gasteiger partial charge in [0.25, 0.3) is 0 Å². The molecule has 0 aliphatic carbocycles. The smallest absolute Gasteiger partial charge is 0.167 e. The molecule has 0 amide bonds. The minimum absolute atomic E-state index is 0.115. The summed E-state index contributed by atoms with van der Waals surface area (Å²) in [6.07, 6.45) is 0. The molecule has 2 aliphatic rings. The van der Waals surface area contributed by atoms with E-state index in [1.54, 1.807) is 24.3 Å². The number of aromatic hydroxyl groups is 2. The molecular weight excluding hydrogens is 871 g/mol.